The summed E-state index contributed by atoms with van der Waals surface area (Å²) >= 11 is 6.17. The molecule has 3 aromatic carbocycles. The van der Waals surface area contributed by atoms with E-state index in [1.165, 1.54) is 4.90 Å². The second-order valence-corrected chi connectivity index (χ2v) is 9.37. The number of ether oxygens (including phenoxy) is 1. The van der Waals surface area contributed by atoms with Crippen molar-refractivity contribution in [2.75, 3.05) is 4.90 Å². The monoisotopic (exact) mass is 508 g/mol. The molecule has 2 aromatic heterocycles. The number of halogens is 1. The van der Waals surface area contributed by atoms with Crippen LogP contribution in [0.4, 0.5) is 5.82 Å². The number of hydrogen-bond donors (Lipinski definition) is 0. The van der Waals surface area contributed by atoms with E-state index in [4.69, 9.17) is 20.8 Å². The molecule has 1 atom stereocenters. The molecule has 182 valence electrons. The van der Waals surface area contributed by atoms with E-state index in [0.29, 0.717) is 34.2 Å². The van der Waals surface area contributed by atoms with Crippen molar-refractivity contribution >= 4 is 34.3 Å². The highest BCUT2D eigenvalue weighted by Gasteiger charge is 2.44. The van der Waals surface area contributed by atoms with Gasteiger partial charge in [-0.25, -0.2) is 4.98 Å². The highest BCUT2D eigenvalue weighted by molar-refractivity contribution is 6.31. The van der Waals surface area contributed by atoms with E-state index in [-0.39, 0.29) is 16.8 Å². The third kappa shape index (κ3) is 4.15. The smallest absolute Gasteiger partial charge is 0.296 e. The van der Waals surface area contributed by atoms with Crippen LogP contribution in [0.3, 0.4) is 0 Å². The highest BCUT2D eigenvalue weighted by Crippen LogP contribution is 2.41. The molecule has 6 rings (SSSR count). The number of nitrogens with zero attached hydrogens (tertiary/aromatic N) is 2. The minimum Gasteiger partial charge on any atom is -0.489 e. The van der Waals surface area contributed by atoms with Gasteiger partial charge in [0, 0.05) is 11.2 Å². The molecule has 0 bridgehead atoms. The van der Waals surface area contributed by atoms with Gasteiger partial charge in [-0.3, -0.25) is 14.5 Å². The Kier molecular flexibility index (Phi) is 5.74. The SMILES string of the molecule is Cc1ccc(N2C(=O)c3oc4ccc(Cl)cc4c(=O)c3C2c2ccc(OCc3ccccc3)cc2)nc1. The predicted octanol–water partition coefficient (Wildman–Crippen LogP) is 6.48. The van der Waals surface area contributed by atoms with E-state index in [0.717, 1.165) is 16.7 Å². The Morgan fingerprint density at radius 3 is 2.49 bits per heavy atom. The van der Waals surface area contributed by atoms with Gasteiger partial charge in [-0.05, 0) is 60.0 Å². The zero-order valence-electron chi connectivity index (χ0n) is 19.9. The van der Waals surface area contributed by atoms with Crippen molar-refractivity contribution in [1.29, 1.82) is 0 Å². The lowest BCUT2D eigenvalue weighted by atomic mass is 9.98. The Morgan fingerprint density at radius 1 is 0.973 bits per heavy atom. The minimum atomic E-state index is -0.722. The van der Waals surface area contributed by atoms with Crippen molar-refractivity contribution < 1.29 is 13.9 Å². The van der Waals surface area contributed by atoms with Gasteiger partial charge < -0.3 is 9.15 Å². The van der Waals surface area contributed by atoms with E-state index >= 15 is 0 Å². The number of hydrogen-bond acceptors (Lipinski definition) is 5. The standard InChI is InChI=1S/C30H21ClN2O4/c1-18-7-14-25(32-16-18)33-27(20-8-11-22(12-9-20)36-17-19-5-3-2-4-6-19)26-28(34)23-15-21(31)10-13-24(23)37-29(26)30(33)35/h2-16,27H,17H2,1H3. The maximum absolute atomic E-state index is 13.7. The predicted molar refractivity (Wildman–Crippen MR) is 142 cm³/mol. The summed E-state index contributed by atoms with van der Waals surface area (Å²) in [5, 5.41) is 0.739. The quantitative estimate of drug-likeness (QED) is 0.272. The lowest BCUT2D eigenvalue weighted by molar-refractivity contribution is 0.0970. The molecule has 0 fully saturated rings. The zero-order valence-corrected chi connectivity index (χ0v) is 20.6. The molecule has 1 aliphatic rings. The molecular weight excluding hydrogens is 488 g/mol. The zero-order chi connectivity index (χ0) is 25.5. The summed E-state index contributed by atoms with van der Waals surface area (Å²) in [7, 11) is 0. The van der Waals surface area contributed by atoms with Gasteiger partial charge in [0.05, 0.1) is 17.0 Å². The lowest BCUT2D eigenvalue weighted by Crippen LogP contribution is -2.30. The average molecular weight is 509 g/mol. The van der Waals surface area contributed by atoms with Crippen molar-refractivity contribution in [1.82, 2.24) is 4.98 Å². The van der Waals surface area contributed by atoms with E-state index in [9.17, 15) is 9.59 Å². The van der Waals surface area contributed by atoms with Crippen molar-refractivity contribution in [3.8, 4) is 5.75 Å². The fourth-order valence-corrected chi connectivity index (χ4v) is 4.76. The number of aryl methyl sites for hydroxylation is 1. The van der Waals surface area contributed by atoms with Crippen LogP contribution in [0.5, 0.6) is 5.75 Å². The second kappa shape index (κ2) is 9.22. The van der Waals surface area contributed by atoms with Gasteiger partial charge in [0.25, 0.3) is 5.91 Å². The first kappa shape index (κ1) is 23.0. The van der Waals surface area contributed by atoms with Gasteiger partial charge in [0.15, 0.2) is 5.43 Å². The molecule has 37 heavy (non-hydrogen) atoms. The molecule has 0 aliphatic carbocycles. The van der Waals surface area contributed by atoms with E-state index in [2.05, 4.69) is 4.98 Å². The third-order valence-corrected chi connectivity index (χ3v) is 6.65. The number of carbonyl (C=O) groups is 1. The van der Waals surface area contributed by atoms with Crippen LogP contribution < -0.4 is 15.1 Å². The summed E-state index contributed by atoms with van der Waals surface area (Å²) in [6.45, 7) is 2.35. The van der Waals surface area contributed by atoms with Gasteiger partial charge in [-0.15, -0.1) is 0 Å². The molecule has 0 saturated heterocycles. The van der Waals surface area contributed by atoms with Crippen LogP contribution in [-0.2, 0) is 6.61 Å². The van der Waals surface area contributed by atoms with Crippen LogP contribution in [0, 0.1) is 6.92 Å². The summed E-state index contributed by atoms with van der Waals surface area (Å²) in [6, 6.07) is 25.0. The number of anilines is 1. The fraction of sp³-hybridized carbons (Fsp3) is 0.100. The molecule has 1 aliphatic heterocycles. The van der Waals surface area contributed by atoms with Gasteiger partial charge in [0.2, 0.25) is 5.76 Å². The Hall–Kier alpha value is -4.42. The van der Waals surface area contributed by atoms with Crippen molar-refractivity contribution in [2.24, 2.45) is 0 Å². The number of benzene rings is 3. The highest BCUT2D eigenvalue weighted by atomic mass is 35.5. The number of carbonyl (C=O) groups excluding carboxylic acids is 1. The van der Waals surface area contributed by atoms with Crippen LogP contribution in [0.25, 0.3) is 11.0 Å². The normalized spacial score (nSPS) is 14.7. The first-order valence-electron chi connectivity index (χ1n) is 11.8. The van der Waals surface area contributed by atoms with Crippen molar-refractivity contribution in [3.05, 3.63) is 134 Å². The Bertz CT molecular complexity index is 1680. The fourth-order valence-electron chi connectivity index (χ4n) is 4.59. The molecule has 0 radical (unpaired) electrons. The molecule has 1 unspecified atom stereocenters. The maximum atomic E-state index is 13.7. The third-order valence-electron chi connectivity index (χ3n) is 6.42. The summed E-state index contributed by atoms with van der Waals surface area (Å²) in [4.78, 5) is 33.4. The van der Waals surface area contributed by atoms with E-state index < -0.39 is 11.9 Å². The van der Waals surface area contributed by atoms with Gasteiger partial charge >= 0.3 is 0 Å². The molecule has 0 N–H and O–H groups in total. The Labute approximate surface area is 217 Å². The van der Waals surface area contributed by atoms with E-state index in [1.54, 1.807) is 30.5 Å². The molecule has 7 heteroatoms. The Balaban J connectivity index is 1.44. The van der Waals surface area contributed by atoms with Crippen LogP contribution >= 0.6 is 11.6 Å². The number of pyridine rings is 1. The van der Waals surface area contributed by atoms with Gasteiger partial charge in [0.1, 0.15) is 23.8 Å². The van der Waals surface area contributed by atoms with Crippen LogP contribution in [-0.4, -0.2) is 10.9 Å². The van der Waals surface area contributed by atoms with Crippen LogP contribution in [0.1, 0.15) is 38.9 Å². The summed E-state index contributed by atoms with van der Waals surface area (Å²) in [5.41, 5.74) is 3.02. The first-order chi connectivity index (χ1) is 18.0. The molecule has 6 nitrogen and oxygen atoms in total. The Morgan fingerprint density at radius 2 is 1.76 bits per heavy atom. The number of fused-ring (bicyclic) bond motifs is 2. The van der Waals surface area contributed by atoms with Gasteiger partial charge in [-0.1, -0.05) is 60.1 Å². The largest absolute Gasteiger partial charge is 0.489 e. The molecular formula is C30H21ClN2O4. The second-order valence-electron chi connectivity index (χ2n) is 8.93. The van der Waals surface area contributed by atoms with Crippen molar-refractivity contribution in [3.63, 3.8) is 0 Å². The summed E-state index contributed by atoms with van der Waals surface area (Å²) < 4.78 is 11.9. The van der Waals surface area contributed by atoms with Crippen LogP contribution in [0.15, 0.2) is 100 Å². The topological polar surface area (TPSA) is 72.6 Å². The summed E-state index contributed by atoms with van der Waals surface area (Å²) in [5.74, 6) is 0.693. The molecule has 3 heterocycles. The summed E-state index contributed by atoms with van der Waals surface area (Å²) in [6.07, 6.45) is 1.69. The molecule has 5 aromatic rings. The van der Waals surface area contributed by atoms with E-state index in [1.807, 2.05) is 67.6 Å². The maximum Gasteiger partial charge on any atom is 0.296 e. The minimum absolute atomic E-state index is 0.0107. The molecule has 0 saturated carbocycles. The average Bonchev–Trinajstić information content (AvgIpc) is 3.21. The molecule has 0 spiro atoms. The number of aromatic nitrogens is 1. The lowest BCUT2D eigenvalue weighted by Gasteiger charge is -2.24. The number of amides is 1. The van der Waals surface area contributed by atoms with Crippen molar-refractivity contribution in [2.45, 2.75) is 19.6 Å². The first-order valence-corrected chi connectivity index (χ1v) is 12.2. The van der Waals surface area contributed by atoms with Crippen LogP contribution in [0.2, 0.25) is 5.02 Å². The number of rotatable bonds is 5. The van der Waals surface area contributed by atoms with Gasteiger partial charge in [-0.2, -0.15) is 0 Å². The molecule has 1 amide bonds.